The van der Waals surface area contributed by atoms with Gasteiger partial charge in [0.25, 0.3) is 5.91 Å². The lowest BCUT2D eigenvalue weighted by molar-refractivity contribution is 0.102. The minimum Gasteiger partial charge on any atom is -0.497 e. The maximum atomic E-state index is 12.4. The molecule has 0 aliphatic heterocycles. The number of thiophene rings is 1. The van der Waals surface area contributed by atoms with Crippen LogP contribution in [0.25, 0.3) is 0 Å². The van der Waals surface area contributed by atoms with Crippen LogP contribution in [0.1, 0.15) is 25.6 Å². The summed E-state index contributed by atoms with van der Waals surface area (Å²) in [4.78, 5) is 25.5. The minimum absolute atomic E-state index is 0.102. The van der Waals surface area contributed by atoms with Crippen molar-refractivity contribution in [3.63, 3.8) is 0 Å². The van der Waals surface area contributed by atoms with Crippen LogP contribution >= 0.6 is 11.3 Å². The number of carbonyl (C=O) groups is 2. The molecule has 0 unspecified atom stereocenters. The summed E-state index contributed by atoms with van der Waals surface area (Å²) in [6.45, 7) is 0. The third kappa shape index (κ3) is 3.70. The van der Waals surface area contributed by atoms with E-state index in [0.717, 1.165) is 0 Å². The van der Waals surface area contributed by atoms with Crippen LogP contribution in [0.5, 0.6) is 5.75 Å². The van der Waals surface area contributed by atoms with Crippen molar-refractivity contribution in [2.75, 3.05) is 18.2 Å². The van der Waals surface area contributed by atoms with Gasteiger partial charge in [0, 0.05) is 11.1 Å². The number of hydrogen-bond acceptors (Lipinski definition) is 5. The molecular weight excluding hydrogens is 336 g/mol. The van der Waals surface area contributed by atoms with Gasteiger partial charge in [0.1, 0.15) is 5.75 Å². The predicted molar refractivity (Wildman–Crippen MR) is 99.6 cm³/mol. The molecule has 126 valence electrons. The van der Waals surface area contributed by atoms with E-state index in [4.69, 9.17) is 10.5 Å². The fourth-order valence-electron chi connectivity index (χ4n) is 2.29. The van der Waals surface area contributed by atoms with Gasteiger partial charge in [0.05, 0.1) is 23.4 Å². The Labute approximate surface area is 149 Å². The second-order valence-corrected chi connectivity index (χ2v) is 6.24. The molecule has 2 aromatic carbocycles. The van der Waals surface area contributed by atoms with E-state index < -0.39 is 0 Å². The number of ketones is 1. The lowest BCUT2D eigenvalue weighted by Gasteiger charge is -2.10. The van der Waals surface area contributed by atoms with Crippen LogP contribution in [0, 0.1) is 0 Å². The molecule has 25 heavy (non-hydrogen) atoms. The predicted octanol–water partition coefficient (Wildman–Crippen LogP) is 3.82. The molecular formula is C19H16N2O3S. The molecule has 0 radical (unpaired) electrons. The summed E-state index contributed by atoms with van der Waals surface area (Å²) in [6, 6.07) is 15.2. The molecule has 3 N–H and O–H groups in total. The SMILES string of the molecule is COc1ccc(C(=O)Nc2cc(C(=O)c3cccs3)ccc2N)cc1. The van der Waals surface area contributed by atoms with E-state index in [0.29, 0.717) is 33.1 Å². The van der Waals surface area contributed by atoms with Crippen molar-refractivity contribution in [3.05, 3.63) is 76.0 Å². The Morgan fingerprint density at radius 3 is 2.40 bits per heavy atom. The van der Waals surface area contributed by atoms with Crippen LogP contribution < -0.4 is 15.8 Å². The van der Waals surface area contributed by atoms with Gasteiger partial charge in [-0.25, -0.2) is 0 Å². The van der Waals surface area contributed by atoms with Crippen LogP contribution in [0.3, 0.4) is 0 Å². The molecule has 1 heterocycles. The van der Waals surface area contributed by atoms with Gasteiger partial charge in [-0.3, -0.25) is 9.59 Å². The number of methoxy groups -OCH3 is 1. The first-order valence-electron chi connectivity index (χ1n) is 7.51. The number of rotatable bonds is 5. The van der Waals surface area contributed by atoms with Gasteiger partial charge < -0.3 is 15.8 Å². The van der Waals surface area contributed by atoms with E-state index in [9.17, 15) is 9.59 Å². The molecule has 0 aliphatic rings. The monoisotopic (exact) mass is 352 g/mol. The number of amides is 1. The second kappa shape index (κ2) is 7.19. The third-order valence-electron chi connectivity index (χ3n) is 3.66. The summed E-state index contributed by atoms with van der Waals surface area (Å²) in [5, 5.41) is 4.60. The number of carbonyl (C=O) groups excluding carboxylic acids is 2. The zero-order valence-electron chi connectivity index (χ0n) is 13.5. The molecule has 3 rings (SSSR count). The van der Waals surface area contributed by atoms with Crippen LogP contribution in [-0.2, 0) is 0 Å². The highest BCUT2D eigenvalue weighted by Crippen LogP contribution is 2.24. The fraction of sp³-hybridized carbons (Fsp3) is 0.0526. The molecule has 5 nitrogen and oxygen atoms in total. The highest BCUT2D eigenvalue weighted by atomic mass is 32.1. The van der Waals surface area contributed by atoms with Crippen molar-refractivity contribution in [2.45, 2.75) is 0 Å². The third-order valence-corrected chi connectivity index (χ3v) is 4.53. The van der Waals surface area contributed by atoms with Gasteiger partial charge in [-0.05, 0) is 53.9 Å². The number of nitrogens with two attached hydrogens (primary N) is 1. The molecule has 0 aliphatic carbocycles. The number of ether oxygens (including phenoxy) is 1. The second-order valence-electron chi connectivity index (χ2n) is 5.29. The van der Waals surface area contributed by atoms with Crippen molar-refractivity contribution in [3.8, 4) is 5.75 Å². The number of nitrogen functional groups attached to an aromatic ring is 1. The Bertz CT molecular complexity index is 903. The van der Waals surface area contributed by atoms with Crippen molar-refractivity contribution in [2.24, 2.45) is 0 Å². The molecule has 1 aromatic heterocycles. The molecule has 1 amide bonds. The van der Waals surface area contributed by atoms with Gasteiger partial charge in [-0.15, -0.1) is 11.3 Å². The summed E-state index contributed by atoms with van der Waals surface area (Å²) in [5.74, 6) is 0.254. The highest BCUT2D eigenvalue weighted by molar-refractivity contribution is 7.12. The van der Waals surface area contributed by atoms with Crippen molar-refractivity contribution >= 4 is 34.4 Å². The zero-order chi connectivity index (χ0) is 17.8. The summed E-state index contributed by atoms with van der Waals surface area (Å²) >= 11 is 1.37. The Hall–Kier alpha value is -3.12. The highest BCUT2D eigenvalue weighted by Gasteiger charge is 2.14. The average Bonchev–Trinajstić information content (AvgIpc) is 3.17. The Morgan fingerprint density at radius 1 is 1.04 bits per heavy atom. The Morgan fingerprint density at radius 2 is 1.76 bits per heavy atom. The average molecular weight is 352 g/mol. The first kappa shape index (κ1) is 16.7. The van der Waals surface area contributed by atoms with Gasteiger partial charge in [0.15, 0.2) is 0 Å². The summed E-state index contributed by atoms with van der Waals surface area (Å²) in [6.07, 6.45) is 0. The standard InChI is InChI=1S/C19H16N2O3S/c1-24-14-7-4-12(5-8-14)19(23)21-16-11-13(6-9-15(16)20)18(22)17-3-2-10-25-17/h2-11H,20H2,1H3,(H,21,23). The van der Waals surface area contributed by atoms with Gasteiger partial charge in [-0.2, -0.15) is 0 Å². The van der Waals surface area contributed by atoms with Gasteiger partial charge in [-0.1, -0.05) is 6.07 Å². The van der Waals surface area contributed by atoms with E-state index in [1.54, 1.807) is 55.6 Å². The number of benzene rings is 2. The van der Waals surface area contributed by atoms with Crippen LogP contribution in [0.15, 0.2) is 60.0 Å². The first-order chi connectivity index (χ1) is 12.1. The molecule has 0 bridgehead atoms. The number of hydrogen-bond donors (Lipinski definition) is 2. The summed E-state index contributed by atoms with van der Waals surface area (Å²) < 4.78 is 5.08. The minimum atomic E-state index is -0.310. The summed E-state index contributed by atoms with van der Waals surface area (Å²) in [5.41, 5.74) is 7.68. The van der Waals surface area contributed by atoms with Gasteiger partial charge in [0.2, 0.25) is 5.78 Å². The molecule has 0 fully saturated rings. The lowest BCUT2D eigenvalue weighted by atomic mass is 10.1. The fourth-order valence-corrected chi connectivity index (χ4v) is 2.98. The number of nitrogens with one attached hydrogen (secondary N) is 1. The normalized spacial score (nSPS) is 10.3. The quantitative estimate of drug-likeness (QED) is 0.540. The largest absolute Gasteiger partial charge is 0.497 e. The van der Waals surface area contributed by atoms with E-state index in [1.165, 1.54) is 11.3 Å². The first-order valence-corrected chi connectivity index (χ1v) is 8.39. The molecule has 3 aromatic rings. The van der Waals surface area contributed by atoms with E-state index in [-0.39, 0.29) is 11.7 Å². The maximum Gasteiger partial charge on any atom is 0.255 e. The van der Waals surface area contributed by atoms with Crippen molar-refractivity contribution in [1.29, 1.82) is 0 Å². The zero-order valence-corrected chi connectivity index (χ0v) is 14.3. The summed E-state index contributed by atoms with van der Waals surface area (Å²) in [7, 11) is 1.56. The van der Waals surface area contributed by atoms with Crippen LogP contribution in [0.2, 0.25) is 0 Å². The van der Waals surface area contributed by atoms with Crippen molar-refractivity contribution < 1.29 is 14.3 Å². The van der Waals surface area contributed by atoms with Gasteiger partial charge >= 0.3 is 0 Å². The Kier molecular flexibility index (Phi) is 4.81. The van der Waals surface area contributed by atoms with Crippen LogP contribution in [-0.4, -0.2) is 18.8 Å². The van der Waals surface area contributed by atoms with E-state index in [1.807, 2.05) is 11.4 Å². The molecule has 0 saturated carbocycles. The molecule has 0 saturated heterocycles. The van der Waals surface area contributed by atoms with Crippen LogP contribution in [0.4, 0.5) is 11.4 Å². The smallest absolute Gasteiger partial charge is 0.255 e. The van der Waals surface area contributed by atoms with E-state index >= 15 is 0 Å². The lowest BCUT2D eigenvalue weighted by Crippen LogP contribution is -2.14. The molecule has 0 spiro atoms. The number of anilines is 2. The Balaban J connectivity index is 1.82. The molecule has 0 atom stereocenters. The molecule has 6 heteroatoms. The van der Waals surface area contributed by atoms with Crippen molar-refractivity contribution in [1.82, 2.24) is 0 Å². The van der Waals surface area contributed by atoms with E-state index in [2.05, 4.69) is 5.32 Å². The topological polar surface area (TPSA) is 81.4 Å². The maximum absolute atomic E-state index is 12.4.